The van der Waals surface area contributed by atoms with Crippen molar-refractivity contribution in [2.24, 2.45) is 11.7 Å². The predicted molar refractivity (Wildman–Crippen MR) is 151 cm³/mol. The van der Waals surface area contributed by atoms with Crippen LogP contribution in [-0.2, 0) is 0 Å². The molecule has 1 saturated heterocycles. The van der Waals surface area contributed by atoms with Crippen molar-refractivity contribution < 1.29 is 18.3 Å². The van der Waals surface area contributed by atoms with Crippen LogP contribution in [0.25, 0.3) is 22.5 Å². The molecule has 0 spiro atoms. The highest BCUT2D eigenvalue weighted by molar-refractivity contribution is 7.13. The van der Waals surface area contributed by atoms with Gasteiger partial charge in [0, 0.05) is 35.7 Å². The van der Waals surface area contributed by atoms with E-state index in [9.17, 15) is 4.39 Å². The van der Waals surface area contributed by atoms with E-state index in [0.717, 1.165) is 24.9 Å². The van der Waals surface area contributed by atoms with Crippen LogP contribution in [0.5, 0.6) is 17.2 Å². The molecule has 7 nitrogen and oxygen atoms in total. The van der Waals surface area contributed by atoms with E-state index in [2.05, 4.69) is 20.1 Å². The summed E-state index contributed by atoms with van der Waals surface area (Å²) in [6.45, 7) is 1.96. The number of hydrogen-bond acceptors (Lipinski definition) is 8. The quantitative estimate of drug-likeness (QED) is 0.249. The minimum absolute atomic E-state index is 0.212. The maximum absolute atomic E-state index is 15.6. The van der Waals surface area contributed by atoms with Crippen molar-refractivity contribution in [1.82, 2.24) is 15.2 Å². The first kappa shape index (κ1) is 27.0. The largest absolute Gasteiger partial charge is 0.493 e. The average molecular weight is 570 g/mol. The van der Waals surface area contributed by atoms with Crippen LogP contribution in [0.3, 0.4) is 0 Å². The zero-order chi connectivity index (χ0) is 27.4. The SMILES string of the molecule is COc1cc(F)ccc1Oc1ccc(/C=C(\F)c2csc(-c3ccnnc3)n2)c(N2CCC[C@@H](CN)C2)c1Cl. The summed E-state index contributed by atoms with van der Waals surface area (Å²) in [6, 6.07) is 9.16. The van der Waals surface area contributed by atoms with Crippen molar-refractivity contribution in [1.29, 1.82) is 0 Å². The van der Waals surface area contributed by atoms with E-state index in [0.29, 0.717) is 45.9 Å². The number of piperidine rings is 1. The van der Waals surface area contributed by atoms with Gasteiger partial charge in [-0.05, 0) is 61.7 Å². The summed E-state index contributed by atoms with van der Waals surface area (Å²) >= 11 is 8.26. The van der Waals surface area contributed by atoms with Gasteiger partial charge in [0.2, 0.25) is 0 Å². The summed E-state index contributed by atoms with van der Waals surface area (Å²) in [5, 5.41) is 10.2. The van der Waals surface area contributed by atoms with Crippen LogP contribution < -0.4 is 20.1 Å². The van der Waals surface area contributed by atoms with E-state index in [1.807, 2.05) is 0 Å². The number of hydrogen-bond donors (Lipinski definition) is 1. The highest BCUT2D eigenvalue weighted by Crippen LogP contribution is 2.44. The van der Waals surface area contributed by atoms with E-state index in [1.165, 1.54) is 42.7 Å². The Kier molecular flexibility index (Phi) is 8.35. The number of benzene rings is 2. The average Bonchev–Trinajstić information content (AvgIpc) is 3.46. The van der Waals surface area contributed by atoms with Crippen molar-refractivity contribution in [3.63, 3.8) is 0 Å². The summed E-state index contributed by atoms with van der Waals surface area (Å²) in [4.78, 5) is 6.56. The van der Waals surface area contributed by atoms with Crippen LogP contribution in [0.1, 0.15) is 24.1 Å². The number of anilines is 1. The predicted octanol–water partition coefficient (Wildman–Crippen LogP) is 6.84. The molecule has 2 aromatic heterocycles. The van der Waals surface area contributed by atoms with E-state index in [4.69, 9.17) is 26.8 Å². The van der Waals surface area contributed by atoms with Gasteiger partial charge in [-0.1, -0.05) is 11.6 Å². The normalized spacial score (nSPS) is 15.9. The Labute approximate surface area is 233 Å². The molecule has 1 fully saturated rings. The van der Waals surface area contributed by atoms with Crippen molar-refractivity contribution in [3.05, 3.63) is 76.3 Å². The van der Waals surface area contributed by atoms with Crippen LogP contribution in [-0.4, -0.2) is 41.9 Å². The Morgan fingerprint density at radius 3 is 2.82 bits per heavy atom. The van der Waals surface area contributed by atoms with Crippen LogP contribution >= 0.6 is 22.9 Å². The van der Waals surface area contributed by atoms with Crippen molar-refractivity contribution in [3.8, 4) is 27.8 Å². The number of halogens is 3. The molecule has 1 atom stereocenters. The number of nitrogens with zero attached hydrogens (tertiary/aromatic N) is 4. The summed E-state index contributed by atoms with van der Waals surface area (Å²) in [5.74, 6) is 0.206. The van der Waals surface area contributed by atoms with Crippen LogP contribution in [0.15, 0.2) is 54.2 Å². The first-order valence-electron chi connectivity index (χ1n) is 12.4. The number of thiazole rings is 1. The lowest BCUT2D eigenvalue weighted by Crippen LogP contribution is -2.38. The molecule has 0 aliphatic carbocycles. The smallest absolute Gasteiger partial charge is 0.169 e. The number of ether oxygens (including phenoxy) is 2. The summed E-state index contributed by atoms with van der Waals surface area (Å²) in [5.41, 5.74) is 8.17. The first-order valence-corrected chi connectivity index (χ1v) is 13.6. The first-order chi connectivity index (χ1) is 19.0. The molecule has 2 N–H and O–H groups in total. The van der Waals surface area contributed by atoms with Gasteiger partial charge in [-0.2, -0.15) is 10.2 Å². The lowest BCUT2D eigenvalue weighted by Gasteiger charge is -2.35. The number of nitrogens with two attached hydrogens (primary N) is 1. The van der Waals surface area contributed by atoms with Crippen molar-refractivity contribution in [2.45, 2.75) is 12.8 Å². The molecular weight excluding hydrogens is 544 g/mol. The summed E-state index contributed by atoms with van der Waals surface area (Å²) in [7, 11) is 1.43. The third kappa shape index (κ3) is 6.03. The maximum Gasteiger partial charge on any atom is 0.169 e. The van der Waals surface area contributed by atoms with Gasteiger partial charge in [-0.15, -0.1) is 11.3 Å². The highest BCUT2D eigenvalue weighted by atomic mass is 35.5. The Balaban J connectivity index is 1.53. The molecular formula is C28H26ClF2N5O2S. The maximum atomic E-state index is 15.6. The van der Waals surface area contributed by atoms with E-state index < -0.39 is 11.6 Å². The summed E-state index contributed by atoms with van der Waals surface area (Å²) in [6.07, 6.45) is 6.52. The second-order valence-electron chi connectivity index (χ2n) is 9.06. The monoisotopic (exact) mass is 569 g/mol. The molecule has 0 unspecified atom stereocenters. The zero-order valence-corrected chi connectivity index (χ0v) is 22.7. The van der Waals surface area contributed by atoms with E-state index >= 15 is 4.39 Å². The fourth-order valence-electron chi connectivity index (χ4n) is 4.53. The molecule has 11 heteroatoms. The number of rotatable bonds is 8. The Hall–Kier alpha value is -3.60. The van der Waals surface area contributed by atoms with Gasteiger partial charge in [0.05, 0.1) is 25.2 Å². The van der Waals surface area contributed by atoms with Crippen molar-refractivity contribution >= 4 is 40.5 Å². The molecule has 3 heterocycles. The van der Waals surface area contributed by atoms with Crippen LogP contribution in [0, 0.1) is 11.7 Å². The van der Waals surface area contributed by atoms with Crippen molar-refractivity contribution in [2.75, 3.05) is 31.6 Å². The van der Waals surface area contributed by atoms with E-state index in [1.54, 1.807) is 36.0 Å². The van der Waals surface area contributed by atoms with Crippen LogP contribution in [0.4, 0.5) is 14.5 Å². The molecule has 0 bridgehead atoms. The van der Waals surface area contributed by atoms with Gasteiger partial charge < -0.3 is 20.1 Å². The second-order valence-corrected chi connectivity index (χ2v) is 10.3. The molecule has 1 aliphatic heterocycles. The fourth-order valence-corrected chi connectivity index (χ4v) is 5.65. The Morgan fingerprint density at radius 2 is 2.05 bits per heavy atom. The molecule has 4 aromatic rings. The topological polar surface area (TPSA) is 86.4 Å². The van der Waals surface area contributed by atoms with E-state index in [-0.39, 0.29) is 17.4 Å². The molecule has 2 aromatic carbocycles. The van der Waals surface area contributed by atoms with Gasteiger partial charge in [0.25, 0.3) is 0 Å². The van der Waals surface area contributed by atoms with Gasteiger partial charge in [-0.25, -0.2) is 13.8 Å². The number of aromatic nitrogens is 3. The van der Waals surface area contributed by atoms with Gasteiger partial charge >= 0.3 is 0 Å². The minimum atomic E-state index is -0.502. The molecule has 0 radical (unpaired) electrons. The second kappa shape index (κ2) is 12.1. The molecule has 5 rings (SSSR count). The fraction of sp³-hybridized carbons (Fsp3) is 0.250. The van der Waals surface area contributed by atoms with Crippen LogP contribution in [0.2, 0.25) is 5.02 Å². The lowest BCUT2D eigenvalue weighted by atomic mass is 9.97. The molecule has 202 valence electrons. The van der Waals surface area contributed by atoms with Gasteiger partial charge in [0.15, 0.2) is 11.5 Å². The Bertz CT molecular complexity index is 1480. The minimum Gasteiger partial charge on any atom is -0.493 e. The third-order valence-corrected chi connectivity index (χ3v) is 7.75. The lowest BCUT2D eigenvalue weighted by molar-refractivity contribution is 0.375. The van der Waals surface area contributed by atoms with Gasteiger partial charge in [-0.3, -0.25) is 0 Å². The Morgan fingerprint density at radius 1 is 1.21 bits per heavy atom. The molecule has 0 amide bonds. The molecule has 0 saturated carbocycles. The number of methoxy groups -OCH3 is 1. The highest BCUT2D eigenvalue weighted by Gasteiger charge is 2.25. The zero-order valence-electron chi connectivity index (χ0n) is 21.1. The summed E-state index contributed by atoms with van der Waals surface area (Å²) < 4.78 is 40.6. The van der Waals surface area contributed by atoms with Gasteiger partial charge in [0.1, 0.15) is 33.1 Å². The standard InChI is InChI=1S/C28H26ClF2N5O2S/c1-37-25-12-20(30)5-7-23(25)38-24-6-4-18(27(26(24)29)36-10-2-3-17(13-32)15-36)11-21(31)22-16-39-28(35-22)19-8-9-33-34-14-19/h4-9,11-12,14,16-17H,2-3,10,13,15,32H2,1H3/b21-11-/t17-/m0/s1. The third-order valence-electron chi connectivity index (χ3n) is 6.49. The molecule has 1 aliphatic rings. The molecule has 39 heavy (non-hydrogen) atoms.